The molecular weight excluding hydrogens is 228 g/mol. The predicted molar refractivity (Wildman–Crippen MR) is 71.9 cm³/mol. The summed E-state index contributed by atoms with van der Waals surface area (Å²) in [7, 11) is 3.83. The maximum absolute atomic E-state index is 5.30. The molecule has 2 aromatic heterocycles. The number of furan rings is 1. The minimum atomic E-state index is 0.640. The molecule has 0 unspecified atom stereocenters. The van der Waals surface area contributed by atoms with Crippen molar-refractivity contribution in [1.29, 1.82) is 0 Å². The quantitative estimate of drug-likeness (QED) is 0.897. The van der Waals surface area contributed by atoms with E-state index in [1.807, 2.05) is 40.1 Å². The first-order chi connectivity index (χ1) is 8.60. The van der Waals surface area contributed by atoms with E-state index in [4.69, 9.17) is 4.42 Å². The molecule has 18 heavy (non-hydrogen) atoms. The topological polar surface area (TPSA) is 54.2 Å². The van der Waals surface area contributed by atoms with Gasteiger partial charge in [0.05, 0.1) is 6.26 Å². The van der Waals surface area contributed by atoms with E-state index in [1.54, 1.807) is 6.26 Å². The molecule has 1 N–H and O–H groups in total. The highest BCUT2D eigenvalue weighted by Crippen LogP contribution is 2.18. The van der Waals surface area contributed by atoms with E-state index < -0.39 is 0 Å². The van der Waals surface area contributed by atoms with Crippen molar-refractivity contribution in [3.63, 3.8) is 0 Å². The SMILES string of the molecule is CNc1nc(C)cc(N(C)Cc2ccoc2C)n1. The lowest BCUT2D eigenvalue weighted by Crippen LogP contribution is -2.18. The van der Waals surface area contributed by atoms with Crippen LogP contribution in [-0.4, -0.2) is 24.1 Å². The number of nitrogens with zero attached hydrogens (tertiary/aromatic N) is 3. The summed E-state index contributed by atoms with van der Waals surface area (Å²) < 4.78 is 5.30. The van der Waals surface area contributed by atoms with Crippen molar-refractivity contribution in [2.24, 2.45) is 0 Å². The fourth-order valence-electron chi connectivity index (χ4n) is 1.77. The first-order valence-electron chi connectivity index (χ1n) is 5.87. The highest BCUT2D eigenvalue weighted by molar-refractivity contribution is 5.44. The third-order valence-electron chi connectivity index (χ3n) is 2.83. The lowest BCUT2D eigenvalue weighted by molar-refractivity contribution is 0.529. The molecular formula is C13H18N4O. The van der Waals surface area contributed by atoms with E-state index in [2.05, 4.69) is 20.2 Å². The van der Waals surface area contributed by atoms with E-state index in [9.17, 15) is 0 Å². The van der Waals surface area contributed by atoms with Crippen LogP contribution in [0.2, 0.25) is 0 Å². The van der Waals surface area contributed by atoms with Crippen molar-refractivity contribution >= 4 is 11.8 Å². The highest BCUT2D eigenvalue weighted by Gasteiger charge is 2.09. The molecule has 2 rings (SSSR count). The Morgan fingerprint density at radius 3 is 2.72 bits per heavy atom. The summed E-state index contributed by atoms with van der Waals surface area (Å²) in [6, 6.07) is 3.95. The van der Waals surface area contributed by atoms with E-state index in [0.29, 0.717) is 5.95 Å². The summed E-state index contributed by atoms with van der Waals surface area (Å²) in [6.45, 7) is 4.69. The molecule has 0 radical (unpaired) electrons. The second kappa shape index (κ2) is 5.08. The van der Waals surface area contributed by atoms with Gasteiger partial charge in [0.15, 0.2) is 0 Å². The fourth-order valence-corrected chi connectivity index (χ4v) is 1.77. The Bertz CT molecular complexity index is 536. The summed E-state index contributed by atoms with van der Waals surface area (Å²) in [4.78, 5) is 10.8. The van der Waals surface area contributed by atoms with Gasteiger partial charge in [0.1, 0.15) is 11.6 Å². The molecule has 0 bridgehead atoms. The average molecular weight is 246 g/mol. The number of hydrogen-bond acceptors (Lipinski definition) is 5. The van der Waals surface area contributed by atoms with E-state index in [-0.39, 0.29) is 0 Å². The maximum Gasteiger partial charge on any atom is 0.224 e. The largest absolute Gasteiger partial charge is 0.469 e. The van der Waals surface area contributed by atoms with Gasteiger partial charge in [-0.25, -0.2) is 4.98 Å². The summed E-state index contributed by atoms with van der Waals surface area (Å²) in [5, 5.41) is 2.97. The fraction of sp³-hybridized carbons (Fsp3) is 0.385. The molecule has 5 nitrogen and oxygen atoms in total. The van der Waals surface area contributed by atoms with Crippen LogP contribution in [0.5, 0.6) is 0 Å². The van der Waals surface area contributed by atoms with Crippen LogP contribution in [0.25, 0.3) is 0 Å². The molecule has 0 fully saturated rings. The summed E-state index contributed by atoms with van der Waals surface area (Å²) >= 11 is 0. The van der Waals surface area contributed by atoms with Crippen LogP contribution in [0.15, 0.2) is 22.8 Å². The van der Waals surface area contributed by atoms with Gasteiger partial charge in [-0.1, -0.05) is 0 Å². The Morgan fingerprint density at radius 2 is 2.11 bits per heavy atom. The van der Waals surface area contributed by atoms with Crippen LogP contribution < -0.4 is 10.2 Å². The van der Waals surface area contributed by atoms with Crippen LogP contribution in [0.4, 0.5) is 11.8 Å². The Balaban J connectivity index is 2.20. The zero-order chi connectivity index (χ0) is 13.1. The summed E-state index contributed by atoms with van der Waals surface area (Å²) in [5.41, 5.74) is 2.11. The Morgan fingerprint density at radius 1 is 1.33 bits per heavy atom. The van der Waals surface area contributed by atoms with Crippen LogP contribution in [0, 0.1) is 13.8 Å². The van der Waals surface area contributed by atoms with Gasteiger partial charge in [0.25, 0.3) is 0 Å². The molecule has 0 aliphatic heterocycles. The van der Waals surface area contributed by atoms with Crippen LogP contribution in [0.1, 0.15) is 17.0 Å². The monoisotopic (exact) mass is 246 g/mol. The minimum Gasteiger partial charge on any atom is -0.469 e. The van der Waals surface area contributed by atoms with Crippen LogP contribution in [-0.2, 0) is 6.54 Å². The molecule has 2 heterocycles. The van der Waals surface area contributed by atoms with Gasteiger partial charge in [-0.15, -0.1) is 0 Å². The summed E-state index contributed by atoms with van der Waals surface area (Å²) in [5.74, 6) is 2.48. The van der Waals surface area contributed by atoms with E-state index >= 15 is 0 Å². The average Bonchev–Trinajstić information content (AvgIpc) is 2.74. The third-order valence-corrected chi connectivity index (χ3v) is 2.83. The number of hydrogen-bond donors (Lipinski definition) is 1. The maximum atomic E-state index is 5.30. The van der Waals surface area contributed by atoms with Crippen molar-refractivity contribution in [3.8, 4) is 0 Å². The molecule has 0 amide bonds. The van der Waals surface area contributed by atoms with Gasteiger partial charge in [0.2, 0.25) is 5.95 Å². The smallest absolute Gasteiger partial charge is 0.224 e. The molecule has 0 spiro atoms. The molecule has 96 valence electrons. The third kappa shape index (κ3) is 2.61. The zero-order valence-corrected chi connectivity index (χ0v) is 11.2. The van der Waals surface area contributed by atoms with Gasteiger partial charge in [0, 0.05) is 38.0 Å². The molecule has 0 aliphatic carbocycles. The number of aryl methyl sites for hydroxylation is 2. The molecule has 0 atom stereocenters. The molecule has 0 saturated carbocycles. The Hall–Kier alpha value is -2.04. The summed E-state index contributed by atoms with van der Waals surface area (Å²) in [6.07, 6.45) is 1.71. The number of anilines is 2. The number of aromatic nitrogens is 2. The predicted octanol–water partition coefficient (Wildman–Crippen LogP) is 2.36. The van der Waals surface area contributed by atoms with Crippen molar-refractivity contribution < 1.29 is 4.42 Å². The van der Waals surface area contributed by atoms with Crippen molar-refractivity contribution in [3.05, 3.63) is 35.4 Å². The number of nitrogens with one attached hydrogen (secondary N) is 1. The lowest BCUT2D eigenvalue weighted by Gasteiger charge is -2.18. The molecule has 0 saturated heterocycles. The van der Waals surface area contributed by atoms with Gasteiger partial charge in [-0.2, -0.15) is 4.98 Å². The molecule has 2 aromatic rings. The zero-order valence-electron chi connectivity index (χ0n) is 11.2. The van der Waals surface area contributed by atoms with E-state index in [1.165, 1.54) is 5.56 Å². The van der Waals surface area contributed by atoms with Gasteiger partial charge in [-0.3, -0.25) is 0 Å². The van der Waals surface area contributed by atoms with Crippen LogP contribution >= 0.6 is 0 Å². The van der Waals surface area contributed by atoms with Crippen molar-refractivity contribution in [1.82, 2.24) is 9.97 Å². The van der Waals surface area contributed by atoms with Crippen molar-refractivity contribution in [2.45, 2.75) is 20.4 Å². The van der Waals surface area contributed by atoms with Gasteiger partial charge in [-0.05, 0) is 19.9 Å². The highest BCUT2D eigenvalue weighted by atomic mass is 16.3. The standard InChI is InChI=1S/C13H18N4O/c1-9-7-12(16-13(14-3)15-9)17(4)8-11-5-6-18-10(11)2/h5-7H,8H2,1-4H3,(H,14,15,16). The second-order valence-electron chi connectivity index (χ2n) is 4.30. The molecule has 0 aromatic carbocycles. The second-order valence-corrected chi connectivity index (χ2v) is 4.30. The number of rotatable bonds is 4. The van der Waals surface area contributed by atoms with Gasteiger partial charge >= 0.3 is 0 Å². The lowest BCUT2D eigenvalue weighted by atomic mass is 10.2. The molecule has 5 heteroatoms. The van der Waals surface area contributed by atoms with Crippen LogP contribution in [0.3, 0.4) is 0 Å². The van der Waals surface area contributed by atoms with Crippen molar-refractivity contribution in [2.75, 3.05) is 24.3 Å². The first kappa shape index (κ1) is 12.4. The Kier molecular flexibility index (Phi) is 3.50. The minimum absolute atomic E-state index is 0.640. The normalized spacial score (nSPS) is 10.4. The molecule has 0 aliphatic rings. The first-order valence-corrected chi connectivity index (χ1v) is 5.87. The van der Waals surface area contributed by atoms with Gasteiger partial charge < -0.3 is 14.6 Å². The Labute approximate surface area is 107 Å². The van der Waals surface area contributed by atoms with E-state index in [0.717, 1.165) is 23.8 Å².